The highest BCUT2D eigenvalue weighted by Crippen LogP contribution is 2.24. The average molecular weight is 569 g/mol. The van der Waals surface area contributed by atoms with Crippen LogP contribution in [0.5, 0.6) is 0 Å². The van der Waals surface area contributed by atoms with Crippen molar-refractivity contribution in [3.8, 4) is 0 Å². The number of methoxy groups -OCH3 is 1. The molecule has 5 unspecified atom stereocenters. The molecule has 0 fully saturated rings. The van der Waals surface area contributed by atoms with Gasteiger partial charge in [-0.3, -0.25) is 19.2 Å². The summed E-state index contributed by atoms with van der Waals surface area (Å²) in [6.07, 6.45) is 13.2. The van der Waals surface area contributed by atoms with Crippen LogP contribution in [0.1, 0.15) is 53.4 Å². The second kappa shape index (κ2) is 16.4. The van der Waals surface area contributed by atoms with Crippen LogP contribution < -0.4 is 10.6 Å². The minimum absolute atomic E-state index is 0.0593. The van der Waals surface area contributed by atoms with Gasteiger partial charge in [-0.2, -0.15) is 0 Å². The number of ketones is 2. The summed E-state index contributed by atoms with van der Waals surface area (Å²) in [5.74, 6) is -2.80. The van der Waals surface area contributed by atoms with Crippen LogP contribution in [0.2, 0.25) is 0 Å². The molecule has 0 aromatic carbocycles. The smallest absolute Gasteiger partial charge is 0.328 e. The van der Waals surface area contributed by atoms with Gasteiger partial charge < -0.3 is 25.2 Å². The zero-order valence-electron chi connectivity index (χ0n) is 24.2. The van der Waals surface area contributed by atoms with Gasteiger partial charge in [-0.05, 0) is 38.3 Å². The van der Waals surface area contributed by atoms with Crippen molar-refractivity contribution in [2.45, 2.75) is 77.7 Å². The van der Waals surface area contributed by atoms with Gasteiger partial charge in [-0.25, -0.2) is 4.79 Å². The maximum Gasteiger partial charge on any atom is 0.328 e. The van der Waals surface area contributed by atoms with E-state index in [4.69, 9.17) is 9.47 Å². The third-order valence-corrected chi connectivity index (χ3v) is 6.74. The van der Waals surface area contributed by atoms with E-state index in [2.05, 4.69) is 10.6 Å². The molecule has 0 saturated carbocycles. The summed E-state index contributed by atoms with van der Waals surface area (Å²) in [6, 6.07) is -0.856. The summed E-state index contributed by atoms with van der Waals surface area (Å²) in [6.45, 7) is 6.34. The van der Waals surface area contributed by atoms with Crippen LogP contribution in [0.25, 0.3) is 0 Å². The lowest BCUT2D eigenvalue weighted by Crippen LogP contribution is -2.42. The molecule has 5 atom stereocenters. The van der Waals surface area contributed by atoms with Crippen molar-refractivity contribution in [3.05, 3.63) is 71.5 Å². The van der Waals surface area contributed by atoms with Gasteiger partial charge in [-0.1, -0.05) is 49.5 Å². The second-order valence-electron chi connectivity index (χ2n) is 10.1. The molecule has 1 aliphatic heterocycles. The fraction of sp³-hybridized carbons (Fsp3) is 0.452. The van der Waals surface area contributed by atoms with Crippen LogP contribution in [0.15, 0.2) is 71.5 Å². The zero-order valence-corrected chi connectivity index (χ0v) is 24.2. The Hall–Kier alpha value is -3.89. The van der Waals surface area contributed by atoms with E-state index in [0.717, 1.165) is 6.08 Å². The van der Waals surface area contributed by atoms with Crippen LogP contribution in [-0.2, 0) is 33.4 Å². The molecule has 2 rings (SSSR count). The number of aliphatic hydroxyl groups is 1. The fourth-order valence-electron chi connectivity index (χ4n) is 4.34. The van der Waals surface area contributed by atoms with Crippen molar-refractivity contribution in [2.24, 2.45) is 5.92 Å². The van der Waals surface area contributed by atoms with E-state index in [0.29, 0.717) is 18.4 Å². The number of aliphatic hydroxyl groups excluding tert-OH is 1. The van der Waals surface area contributed by atoms with Gasteiger partial charge in [0.25, 0.3) is 0 Å². The number of allylic oxidation sites excluding steroid dienone is 8. The number of nitrogens with one attached hydrogen (secondary N) is 2. The van der Waals surface area contributed by atoms with Gasteiger partial charge in [-0.15, -0.1) is 0 Å². The molecule has 1 heterocycles. The summed E-state index contributed by atoms with van der Waals surface area (Å²) >= 11 is 0. The third kappa shape index (κ3) is 10.9. The normalized spacial score (nSPS) is 29.2. The van der Waals surface area contributed by atoms with Gasteiger partial charge in [0.15, 0.2) is 5.78 Å². The zero-order chi connectivity index (χ0) is 30.5. The largest absolute Gasteiger partial charge is 0.460 e. The van der Waals surface area contributed by atoms with Crippen molar-refractivity contribution in [3.63, 3.8) is 0 Å². The lowest BCUT2D eigenvalue weighted by molar-refractivity contribution is -0.156. The van der Waals surface area contributed by atoms with Gasteiger partial charge in [0, 0.05) is 38.0 Å². The van der Waals surface area contributed by atoms with E-state index in [1.165, 1.54) is 27.0 Å². The topological polar surface area (TPSA) is 148 Å². The summed E-state index contributed by atoms with van der Waals surface area (Å²) in [7, 11) is 1.46. The first-order valence-corrected chi connectivity index (χ1v) is 13.6. The van der Waals surface area contributed by atoms with Gasteiger partial charge in [0.1, 0.15) is 12.1 Å². The number of ether oxygens (including phenoxy) is 2. The Balaban J connectivity index is 2.34. The number of amides is 2. The van der Waals surface area contributed by atoms with Crippen molar-refractivity contribution < 1.29 is 38.6 Å². The monoisotopic (exact) mass is 568 g/mol. The van der Waals surface area contributed by atoms with Crippen LogP contribution in [0.3, 0.4) is 0 Å². The van der Waals surface area contributed by atoms with Gasteiger partial charge in [0.05, 0.1) is 24.3 Å². The van der Waals surface area contributed by atoms with Crippen molar-refractivity contribution >= 4 is 29.4 Å². The Kier molecular flexibility index (Phi) is 13.3. The standard InChI is InChI=1S/C31H40N2O8/c1-19-12-11-13-23-16-24(35)17-26(30(23)38)33-28(36)18-25(40-5)14-9-7-6-8-10-15-27(20(2)29(19)37)41-31(39)21(3)32-22(4)34/h6-10,12,14,16-17,20-21,25,27,29,37H,11,13,15,18H2,1-5H3,(H,32,34)(H,33,36)/b7-6+,10-8+,14-9-,19-12-. The highest BCUT2D eigenvalue weighted by Gasteiger charge is 2.30. The molecule has 0 aromatic rings. The molecule has 0 radical (unpaired) electrons. The molecular formula is C31H40N2O8. The number of Topliss-reactive ketones (excluding diaryl/α,β-unsaturated/α-hetero) is 1. The highest BCUT2D eigenvalue weighted by molar-refractivity contribution is 6.21. The first kappa shape index (κ1) is 33.3. The van der Waals surface area contributed by atoms with Crippen LogP contribution in [0, 0.1) is 5.92 Å². The van der Waals surface area contributed by atoms with Crippen molar-refractivity contribution in [2.75, 3.05) is 7.11 Å². The Bertz CT molecular complexity index is 1190. The van der Waals surface area contributed by atoms with Gasteiger partial charge >= 0.3 is 5.97 Å². The molecule has 2 bridgehead atoms. The molecule has 2 amide bonds. The van der Waals surface area contributed by atoms with Crippen LogP contribution in [0.4, 0.5) is 0 Å². The molecule has 10 heteroatoms. The van der Waals surface area contributed by atoms with E-state index < -0.39 is 53.7 Å². The van der Waals surface area contributed by atoms with E-state index >= 15 is 0 Å². The molecule has 1 aliphatic carbocycles. The Morgan fingerprint density at radius 1 is 1.12 bits per heavy atom. The van der Waals surface area contributed by atoms with Gasteiger partial charge in [0.2, 0.25) is 17.6 Å². The predicted octanol–water partition coefficient (Wildman–Crippen LogP) is 2.70. The maximum atomic E-state index is 12.9. The molecule has 0 spiro atoms. The number of esters is 1. The number of hydrogen-bond donors (Lipinski definition) is 3. The predicted molar refractivity (Wildman–Crippen MR) is 153 cm³/mol. The number of rotatable bonds is 4. The van der Waals surface area contributed by atoms with Crippen LogP contribution in [-0.4, -0.2) is 65.9 Å². The maximum absolute atomic E-state index is 12.9. The van der Waals surface area contributed by atoms with E-state index in [1.807, 2.05) is 0 Å². The fourth-order valence-corrected chi connectivity index (χ4v) is 4.34. The van der Waals surface area contributed by atoms with Crippen molar-refractivity contribution in [1.29, 1.82) is 0 Å². The molecule has 0 saturated heterocycles. The first-order chi connectivity index (χ1) is 19.4. The minimum Gasteiger partial charge on any atom is -0.460 e. The number of hydrogen-bond acceptors (Lipinski definition) is 8. The van der Waals surface area contributed by atoms with Crippen molar-refractivity contribution in [1.82, 2.24) is 10.6 Å². The number of carbonyl (C=O) groups excluding carboxylic acids is 5. The number of carbonyl (C=O) groups is 5. The van der Waals surface area contributed by atoms with Crippen LogP contribution >= 0.6 is 0 Å². The minimum atomic E-state index is -0.969. The Morgan fingerprint density at radius 3 is 2.51 bits per heavy atom. The highest BCUT2D eigenvalue weighted by atomic mass is 16.5. The number of fused-ring (bicyclic) bond motifs is 2. The molecular weight excluding hydrogens is 528 g/mol. The SMILES string of the molecule is COC1\C=C/C=C/C=C/CC(OC(=O)C(C)NC(C)=O)C(C)C(O)/C(C)=C\CCC2=CC(=O)C=C(NC(=O)C1)C2=O. The lowest BCUT2D eigenvalue weighted by Gasteiger charge is -2.29. The molecule has 0 aromatic heterocycles. The van der Waals surface area contributed by atoms with E-state index in [1.54, 1.807) is 56.4 Å². The Labute approximate surface area is 240 Å². The quantitative estimate of drug-likeness (QED) is 0.266. The van der Waals surface area contributed by atoms with E-state index in [-0.39, 0.29) is 30.0 Å². The average Bonchev–Trinajstić information content (AvgIpc) is 2.91. The summed E-state index contributed by atoms with van der Waals surface area (Å²) in [4.78, 5) is 61.8. The summed E-state index contributed by atoms with van der Waals surface area (Å²) < 4.78 is 11.0. The first-order valence-electron chi connectivity index (χ1n) is 13.6. The lowest BCUT2D eigenvalue weighted by atomic mass is 9.90. The van der Waals surface area contributed by atoms with E-state index in [9.17, 15) is 29.1 Å². The third-order valence-electron chi connectivity index (χ3n) is 6.74. The summed E-state index contributed by atoms with van der Waals surface area (Å²) in [5.41, 5.74) is 0.778. The molecule has 3 N–H and O–H groups in total. The molecule has 10 nitrogen and oxygen atoms in total. The molecule has 2 aliphatic rings. The molecule has 41 heavy (non-hydrogen) atoms. The second-order valence-corrected chi connectivity index (χ2v) is 10.1. The molecule has 222 valence electrons. The Morgan fingerprint density at radius 2 is 1.83 bits per heavy atom. The summed E-state index contributed by atoms with van der Waals surface area (Å²) in [5, 5.41) is 16.1.